The summed E-state index contributed by atoms with van der Waals surface area (Å²) in [6.45, 7) is 0. The van der Waals surface area contributed by atoms with Crippen LogP contribution in [0.4, 0.5) is 43.9 Å². The Hall–Kier alpha value is -0.740. The van der Waals surface area contributed by atoms with E-state index in [1.54, 1.807) is 0 Å². The van der Waals surface area contributed by atoms with Crippen LogP contribution in [0.1, 0.15) is 38.5 Å². The van der Waals surface area contributed by atoms with E-state index in [4.69, 9.17) is 0 Å². The molecule has 0 heterocycles. The van der Waals surface area contributed by atoms with Crippen molar-refractivity contribution in [2.24, 2.45) is 0 Å². The van der Waals surface area contributed by atoms with Crippen LogP contribution in [0.2, 0.25) is 0 Å². The van der Waals surface area contributed by atoms with Crippen LogP contribution >= 0.6 is 0 Å². The lowest BCUT2D eigenvalue weighted by Gasteiger charge is -2.24. The van der Waals surface area contributed by atoms with Gasteiger partial charge in [-0.15, -0.1) is 0 Å². The first kappa shape index (κ1) is 20.3. The van der Waals surface area contributed by atoms with Crippen LogP contribution in [-0.2, 0) is 4.74 Å². The van der Waals surface area contributed by atoms with Crippen molar-refractivity contribution in [1.29, 1.82) is 0 Å². The molecule has 0 amide bonds. The minimum absolute atomic E-state index is 1.14. The molecule has 0 N–H and O–H groups in total. The normalized spacial score (nSPS) is 14.6. The van der Waals surface area contributed by atoms with Crippen LogP contribution in [0.15, 0.2) is 0 Å². The molecule has 0 aliphatic heterocycles. The van der Waals surface area contributed by atoms with E-state index in [9.17, 15) is 43.9 Å². The fraction of sp³-hybridized carbons (Fsp3) is 1.00. The number of hydrogen-bond donors (Lipinski definition) is 0. The zero-order valence-electron chi connectivity index (χ0n) is 10.4. The zero-order chi connectivity index (χ0) is 16.9. The first-order valence-electron chi connectivity index (χ1n) is 5.71. The molecule has 1 nitrogen and oxygen atoms in total. The van der Waals surface area contributed by atoms with Crippen LogP contribution in [0.25, 0.3) is 0 Å². The minimum Gasteiger partial charge on any atom is -0.255 e. The Morgan fingerprint density at radius 2 is 0.762 bits per heavy atom. The molecule has 0 rings (SSSR count). The third-order valence-electron chi connectivity index (χ3n) is 2.15. The second kappa shape index (κ2) is 7.01. The lowest BCUT2D eigenvalue weighted by Crippen LogP contribution is -2.33. The lowest BCUT2D eigenvalue weighted by atomic mass is 10.2. The van der Waals surface area contributed by atoms with Crippen LogP contribution in [0.5, 0.6) is 0 Å². The summed E-state index contributed by atoms with van der Waals surface area (Å²) in [5.74, 6) is 0. The number of ether oxygens (including phenoxy) is 1. The highest BCUT2D eigenvalue weighted by atomic mass is 19.4. The van der Waals surface area contributed by atoms with E-state index in [0.717, 1.165) is 0 Å². The SMILES string of the molecule is FC(F)(F)CCCC(F)(F)OC(F)(F)CCCC(F)(F)F. The summed E-state index contributed by atoms with van der Waals surface area (Å²) in [7, 11) is 0. The van der Waals surface area contributed by atoms with Crippen molar-refractivity contribution in [3.05, 3.63) is 0 Å². The van der Waals surface area contributed by atoms with Crippen molar-refractivity contribution < 1.29 is 48.6 Å². The molecule has 0 spiro atoms. The number of hydrogen-bond acceptors (Lipinski definition) is 1. The summed E-state index contributed by atoms with van der Waals surface area (Å²) in [5, 5.41) is 0. The van der Waals surface area contributed by atoms with Gasteiger partial charge in [-0.05, 0) is 12.8 Å². The molecular formula is C10H12F10O. The van der Waals surface area contributed by atoms with E-state index in [2.05, 4.69) is 4.74 Å². The van der Waals surface area contributed by atoms with Gasteiger partial charge in [0.25, 0.3) is 0 Å². The minimum atomic E-state index is -4.72. The van der Waals surface area contributed by atoms with Crippen LogP contribution in [0.3, 0.4) is 0 Å². The molecule has 0 aromatic heterocycles. The highest BCUT2D eigenvalue weighted by Crippen LogP contribution is 2.36. The number of rotatable bonds is 8. The zero-order valence-corrected chi connectivity index (χ0v) is 10.4. The van der Waals surface area contributed by atoms with E-state index in [0.29, 0.717) is 0 Å². The molecular weight excluding hydrogens is 326 g/mol. The Labute approximate surface area is 113 Å². The molecule has 0 fully saturated rings. The lowest BCUT2D eigenvalue weighted by molar-refractivity contribution is -0.379. The van der Waals surface area contributed by atoms with Crippen molar-refractivity contribution >= 4 is 0 Å². The Balaban J connectivity index is 4.21. The van der Waals surface area contributed by atoms with Crippen molar-refractivity contribution in [1.82, 2.24) is 0 Å². The topological polar surface area (TPSA) is 9.23 Å². The van der Waals surface area contributed by atoms with Gasteiger partial charge in [0.1, 0.15) is 0 Å². The Bertz CT molecular complexity index is 276. The predicted octanol–water partition coefficient (Wildman–Crippen LogP) is 5.65. The Morgan fingerprint density at radius 3 is 1.00 bits per heavy atom. The molecule has 0 radical (unpaired) electrons. The molecule has 0 bridgehead atoms. The van der Waals surface area contributed by atoms with Gasteiger partial charge in [0.15, 0.2) is 0 Å². The van der Waals surface area contributed by atoms with Gasteiger partial charge in [-0.2, -0.15) is 43.9 Å². The first-order valence-corrected chi connectivity index (χ1v) is 5.71. The van der Waals surface area contributed by atoms with Crippen molar-refractivity contribution in [3.63, 3.8) is 0 Å². The highest BCUT2D eigenvalue weighted by Gasteiger charge is 2.44. The van der Waals surface area contributed by atoms with Gasteiger partial charge in [-0.3, -0.25) is 4.74 Å². The molecule has 0 saturated heterocycles. The molecule has 0 aromatic carbocycles. The second-order valence-electron chi connectivity index (χ2n) is 4.31. The van der Waals surface area contributed by atoms with E-state index < -0.39 is 63.1 Å². The fourth-order valence-electron chi connectivity index (χ4n) is 1.31. The molecule has 0 atom stereocenters. The third-order valence-corrected chi connectivity index (χ3v) is 2.15. The number of halogens is 10. The Kier molecular flexibility index (Phi) is 6.77. The molecule has 0 aromatic rings. The van der Waals surface area contributed by atoms with Crippen LogP contribution in [0, 0.1) is 0 Å². The van der Waals surface area contributed by atoms with Gasteiger partial charge in [0.05, 0.1) is 0 Å². The molecule has 0 aliphatic rings. The highest BCUT2D eigenvalue weighted by molar-refractivity contribution is 4.63. The summed E-state index contributed by atoms with van der Waals surface area (Å²) in [5.41, 5.74) is 0. The van der Waals surface area contributed by atoms with Gasteiger partial charge in [0, 0.05) is 25.7 Å². The Morgan fingerprint density at radius 1 is 0.476 bits per heavy atom. The smallest absolute Gasteiger partial charge is 0.255 e. The van der Waals surface area contributed by atoms with E-state index in [-0.39, 0.29) is 0 Å². The average molecular weight is 338 g/mol. The van der Waals surface area contributed by atoms with Gasteiger partial charge < -0.3 is 0 Å². The fourth-order valence-corrected chi connectivity index (χ4v) is 1.31. The molecule has 0 saturated carbocycles. The molecule has 128 valence electrons. The maximum atomic E-state index is 12.9. The van der Waals surface area contributed by atoms with E-state index >= 15 is 0 Å². The largest absolute Gasteiger partial charge is 0.389 e. The van der Waals surface area contributed by atoms with Gasteiger partial charge in [0.2, 0.25) is 0 Å². The average Bonchev–Trinajstić information content (AvgIpc) is 2.09. The molecule has 11 heteroatoms. The maximum Gasteiger partial charge on any atom is 0.389 e. The van der Waals surface area contributed by atoms with Gasteiger partial charge >= 0.3 is 24.6 Å². The maximum absolute atomic E-state index is 12.9. The monoisotopic (exact) mass is 338 g/mol. The first-order chi connectivity index (χ1) is 9.12. The summed E-state index contributed by atoms with van der Waals surface area (Å²) in [6, 6.07) is 0. The van der Waals surface area contributed by atoms with Crippen molar-refractivity contribution in [2.75, 3.05) is 0 Å². The summed E-state index contributed by atoms with van der Waals surface area (Å²) in [6.07, 6.45) is -27.2. The third kappa shape index (κ3) is 12.7. The quantitative estimate of drug-likeness (QED) is 0.519. The summed E-state index contributed by atoms with van der Waals surface area (Å²) >= 11 is 0. The standard InChI is InChI=1S/C10H12F10O/c11-7(12,13)3-1-5-9(17,18)21-10(19,20)6-2-4-8(14,15)16/h1-6H2. The van der Waals surface area contributed by atoms with Gasteiger partial charge in [-0.25, -0.2) is 0 Å². The summed E-state index contributed by atoms with van der Waals surface area (Å²) in [4.78, 5) is 0. The van der Waals surface area contributed by atoms with Crippen LogP contribution < -0.4 is 0 Å². The second-order valence-corrected chi connectivity index (χ2v) is 4.31. The molecule has 0 aliphatic carbocycles. The van der Waals surface area contributed by atoms with Crippen molar-refractivity contribution in [2.45, 2.75) is 63.1 Å². The van der Waals surface area contributed by atoms with Gasteiger partial charge in [-0.1, -0.05) is 0 Å². The number of alkyl halides is 10. The molecule has 21 heavy (non-hydrogen) atoms. The van der Waals surface area contributed by atoms with E-state index in [1.807, 2.05) is 0 Å². The summed E-state index contributed by atoms with van der Waals surface area (Å²) < 4.78 is 125. The predicted molar refractivity (Wildman–Crippen MR) is 50.8 cm³/mol. The van der Waals surface area contributed by atoms with Crippen molar-refractivity contribution in [3.8, 4) is 0 Å². The molecule has 0 unspecified atom stereocenters. The van der Waals surface area contributed by atoms with E-state index in [1.165, 1.54) is 0 Å². The van der Waals surface area contributed by atoms with Crippen LogP contribution in [-0.4, -0.2) is 24.6 Å².